The monoisotopic (exact) mass is 287 g/mol. The van der Waals surface area contributed by atoms with Crippen LogP contribution in [0, 0.1) is 0 Å². The number of aromatic nitrogens is 1. The van der Waals surface area contributed by atoms with Gasteiger partial charge in [-0.3, -0.25) is 0 Å². The number of nitrogen functional groups attached to an aromatic ring is 2. The van der Waals surface area contributed by atoms with E-state index < -0.39 is 5.97 Å². The van der Waals surface area contributed by atoms with Crippen LogP contribution in [0.5, 0.6) is 0 Å². The van der Waals surface area contributed by atoms with E-state index in [0.29, 0.717) is 0 Å². The number of rotatable bonds is 0. The van der Waals surface area contributed by atoms with Crippen molar-refractivity contribution in [3.8, 4) is 0 Å². The van der Waals surface area contributed by atoms with Gasteiger partial charge in [-0.05, 0) is 31.2 Å². The number of nitrogens with zero attached hydrogens (tertiary/aromatic N) is 1. The lowest BCUT2D eigenvalue weighted by Gasteiger charge is -1.94. The van der Waals surface area contributed by atoms with Gasteiger partial charge in [0, 0.05) is 29.5 Å². The van der Waals surface area contributed by atoms with Crippen LogP contribution in [0.25, 0.3) is 20.4 Å². The highest BCUT2D eigenvalue weighted by molar-refractivity contribution is 7.24. The predicted octanol–water partition coefficient (Wildman–Crippen LogP) is 1.65. The van der Waals surface area contributed by atoms with Crippen molar-refractivity contribution in [2.75, 3.05) is 11.5 Å². The Morgan fingerprint density at radius 1 is 1.05 bits per heavy atom. The summed E-state index contributed by atoms with van der Waals surface area (Å²) < 4.78 is 2.16. The van der Waals surface area contributed by atoms with Gasteiger partial charge >= 0.3 is 0 Å². The van der Waals surface area contributed by atoms with Crippen LogP contribution in [-0.2, 0) is 4.79 Å². The highest BCUT2D eigenvalue weighted by atomic mass is 32.1. The first-order chi connectivity index (χ1) is 9.45. The van der Waals surface area contributed by atoms with Gasteiger partial charge in [-0.25, -0.2) is 4.98 Å². The highest BCUT2D eigenvalue weighted by Crippen LogP contribution is 2.28. The molecule has 0 spiro atoms. The summed E-state index contributed by atoms with van der Waals surface area (Å²) in [5, 5.41) is 8.89. The second-order valence-electron chi connectivity index (χ2n) is 4.16. The van der Waals surface area contributed by atoms with Crippen molar-refractivity contribution in [1.29, 1.82) is 0 Å². The van der Waals surface area contributed by atoms with E-state index in [1.54, 1.807) is 11.3 Å². The Morgan fingerprint density at radius 2 is 1.45 bits per heavy atom. The lowest BCUT2D eigenvalue weighted by Crippen LogP contribution is -2.16. The van der Waals surface area contributed by atoms with Gasteiger partial charge in [0.05, 0.1) is 0 Å². The zero-order chi connectivity index (χ0) is 14.7. The molecule has 5 nitrogen and oxygen atoms in total. The average molecular weight is 287 g/mol. The molecule has 4 N–H and O–H groups in total. The van der Waals surface area contributed by atoms with E-state index in [1.807, 2.05) is 36.4 Å². The highest BCUT2D eigenvalue weighted by Gasteiger charge is 2.12. The molecular formula is C14H13N3O2S. The molecule has 102 valence electrons. The second-order valence-corrected chi connectivity index (χ2v) is 5.24. The first-order valence-electron chi connectivity index (χ1n) is 5.82. The number of carbonyl (C=O) groups is 1. The molecule has 0 aliphatic heterocycles. The summed E-state index contributed by atoms with van der Waals surface area (Å²) >= 11 is 1.66. The molecule has 2 aromatic carbocycles. The Morgan fingerprint density at radius 3 is 1.85 bits per heavy atom. The van der Waals surface area contributed by atoms with Crippen LogP contribution >= 0.6 is 11.3 Å². The van der Waals surface area contributed by atoms with Crippen molar-refractivity contribution in [2.24, 2.45) is 0 Å². The Bertz CT molecular complexity index is 729. The van der Waals surface area contributed by atoms with Gasteiger partial charge < -0.3 is 21.4 Å². The molecule has 0 aliphatic carbocycles. The molecule has 3 rings (SSSR count). The molecule has 0 saturated heterocycles. The van der Waals surface area contributed by atoms with Crippen LogP contribution in [0.3, 0.4) is 0 Å². The largest absolute Gasteiger partial charge is 0.550 e. The number of hydrogen-bond donors (Lipinski definition) is 2. The van der Waals surface area contributed by atoms with Crippen molar-refractivity contribution >= 4 is 49.1 Å². The number of nitrogens with two attached hydrogens (primary N) is 2. The van der Waals surface area contributed by atoms with Crippen molar-refractivity contribution in [3.05, 3.63) is 36.4 Å². The van der Waals surface area contributed by atoms with Crippen molar-refractivity contribution in [2.45, 2.75) is 6.92 Å². The molecule has 0 radical (unpaired) electrons. The molecule has 1 aromatic heterocycles. The number of anilines is 2. The number of hydrogen-bond acceptors (Lipinski definition) is 5. The molecule has 0 atom stereocenters. The molecule has 1 heterocycles. The Hall–Kier alpha value is -2.47. The van der Waals surface area contributed by atoms with Crippen LogP contribution < -0.4 is 16.6 Å². The zero-order valence-electron chi connectivity index (χ0n) is 10.8. The third-order valence-electron chi connectivity index (χ3n) is 2.43. The van der Waals surface area contributed by atoms with Crippen LogP contribution in [-0.4, -0.2) is 11.0 Å². The van der Waals surface area contributed by atoms with Crippen LogP contribution in [0.4, 0.5) is 11.4 Å². The fraction of sp³-hybridized carbons (Fsp3) is 0.0714. The summed E-state index contributed by atoms with van der Waals surface area (Å²) in [5.41, 5.74) is 15.0. The van der Waals surface area contributed by atoms with Crippen LogP contribution in [0.1, 0.15) is 6.92 Å². The summed E-state index contributed by atoms with van der Waals surface area (Å²) in [7, 11) is 0. The Kier molecular flexibility index (Phi) is 3.95. The Labute approximate surface area is 119 Å². The van der Waals surface area contributed by atoms with E-state index in [4.69, 9.17) is 21.4 Å². The zero-order valence-corrected chi connectivity index (χ0v) is 11.6. The maximum atomic E-state index is 8.89. The second kappa shape index (κ2) is 5.66. The van der Waals surface area contributed by atoms with Gasteiger partial charge in [0.25, 0.3) is 9.40 Å². The van der Waals surface area contributed by atoms with Crippen molar-refractivity contribution in [3.63, 3.8) is 0 Å². The van der Waals surface area contributed by atoms with E-state index in [-0.39, 0.29) is 0 Å². The van der Waals surface area contributed by atoms with E-state index in [1.165, 1.54) is 0 Å². The fourth-order valence-electron chi connectivity index (χ4n) is 1.66. The summed E-state index contributed by atoms with van der Waals surface area (Å²) in [6, 6.07) is 11.5. The van der Waals surface area contributed by atoms with Gasteiger partial charge in [0.2, 0.25) is 11.3 Å². The van der Waals surface area contributed by atoms with E-state index >= 15 is 0 Å². The third-order valence-corrected chi connectivity index (χ3v) is 3.52. The van der Waals surface area contributed by atoms with Gasteiger partial charge in [0.1, 0.15) is 11.0 Å². The molecule has 0 fully saturated rings. The maximum Gasteiger partial charge on any atom is 0.259 e. The first kappa shape index (κ1) is 14.0. The van der Waals surface area contributed by atoms with E-state index in [9.17, 15) is 0 Å². The number of fused-ring (bicyclic) bond motifs is 2. The van der Waals surface area contributed by atoms with Crippen molar-refractivity contribution < 1.29 is 9.90 Å². The summed E-state index contributed by atoms with van der Waals surface area (Å²) in [5.74, 6) is -1.08. The molecule has 0 amide bonds. The third kappa shape index (κ3) is 3.30. The van der Waals surface area contributed by atoms with Gasteiger partial charge in [-0.2, -0.15) is 0 Å². The normalized spacial score (nSPS) is 10.1. The fourth-order valence-corrected chi connectivity index (χ4v) is 2.72. The minimum atomic E-state index is -1.08. The number of carboxylic acid groups (broad SMARTS) is 1. The number of aliphatic carboxylic acids is 1. The number of benzene rings is 2. The first-order valence-corrected chi connectivity index (χ1v) is 6.63. The predicted molar refractivity (Wildman–Crippen MR) is 81.0 cm³/mol. The van der Waals surface area contributed by atoms with Crippen LogP contribution in [0.15, 0.2) is 36.4 Å². The lowest BCUT2D eigenvalue weighted by molar-refractivity contribution is -0.302. The minimum Gasteiger partial charge on any atom is -0.550 e. The lowest BCUT2D eigenvalue weighted by atomic mass is 10.3. The van der Waals surface area contributed by atoms with Crippen LogP contribution in [0.2, 0.25) is 0 Å². The standard InChI is InChI=1S/C12H10N3S.C2H4O2/c13-7-1-3-9-11(5-7)16-12-6-8(14)2-4-10(12)15-9;1-2(3)4/h1-6H,13-14H2;1H3,(H,3,4)/q+1;/p-1. The smallest absolute Gasteiger partial charge is 0.259 e. The number of carboxylic acids is 1. The van der Waals surface area contributed by atoms with Crippen molar-refractivity contribution in [1.82, 2.24) is 4.98 Å². The topological polar surface area (TPSA) is 105 Å². The molecule has 0 aliphatic rings. The summed E-state index contributed by atoms with van der Waals surface area (Å²) in [6.07, 6.45) is 0. The number of carbonyl (C=O) groups excluding carboxylic acids is 1. The van der Waals surface area contributed by atoms with Gasteiger partial charge in [0.15, 0.2) is 0 Å². The molecular weight excluding hydrogens is 274 g/mol. The molecule has 0 bridgehead atoms. The molecule has 6 heteroatoms. The Balaban J connectivity index is 0.000000328. The molecule has 0 unspecified atom stereocenters. The molecule has 0 saturated carbocycles. The maximum absolute atomic E-state index is 8.89. The van der Waals surface area contributed by atoms with E-state index in [2.05, 4.69) is 4.98 Å². The SMILES string of the molecule is CC(=O)[O-].Nc1ccc2nc3ccc(N)cc3[s+]c2c1. The summed E-state index contributed by atoms with van der Waals surface area (Å²) in [4.78, 5) is 13.4. The average Bonchev–Trinajstić information content (AvgIpc) is 2.35. The van der Waals surface area contributed by atoms with Gasteiger partial charge in [-0.1, -0.05) is 0 Å². The quantitative estimate of drug-likeness (QED) is 0.371. The molecule has 3 aromatic rings. The van der Waals surface area contributed by atoms with Gasteiger partial charge in [-0.15, -0.1) is 0 Å². The molecule has 20 heavy (non-hydrogen) atoms. The minimum absolute atomic E-state index is 0.758. The van der Waals surface area contributed by atoms with E-state index in [0.717, 1.165) is 38.7 Å². The summed E-state index contributed by atoms with van der Waals surface area (Å²) in [6.45, 7) is 0.972.